The van der Waals surface area contributed by atoms with Gasteiger partial charge in [0.1, 0.15) is 0 Å². The molecule has 1 aromatic rings. The number of aromatic nitrogens is 1. The fourth-order valence-corrected chi connectivity index (χ4v) is 0.659. The highest BCUT2D eigenvalue weighted by atomic mass is 16.1. The number of nitrogens with zero attached hydrogens (tertiary/aromatic N) is 1. The van der Waals surface area contributed by atoms with Gasteiger partial charge in [-0.05, 0) is 12.1 Å². The largest absolute Gasteiger partial charge is 0.376 e. The molecule has 58 valence electrons. The molecular weight excluding hydrogens is 142 g/mol. The van der Waals surface area contributed by atoms with Crippen LogP contribution in [0.4, 0.5) is 5.69 Å². The zero-order valence-corrected chi connectivity index (χ0v) is 5.95. The van der Waals surface area contributed by atoms with E-state index in [1.807, 2.05) is 0 Å². The van der Waals surface area contributed by atoms with Gasteiger partial charge in [0, 0.05) is 18.1 Å². The summed E-state index contributed by atoms with van der Waals surface area (Å²) < 4.78 is 0. The molecular formula is C7H9N3O. The van der Waals surface area contributed by atoms with Gasteiger partial charge < -0.3 is 11.1 Å². The van der Waals surface area contributed by atoms with Crippen molar-refractivity contribution in [2.24, 2.45) is 5.73 Å². The molecule has 0 radical (unpaired) electrons. The second-order valence-electron chi connectivity index (χ2n) is 2.06. The summed E-state index contributed by atoms with van der Waals surface area (Å²) in [5.41, 5.74) is 5.77. The summed E-state index contributed by atoms with van der Waals surface area (Å²) in [6, 6.07) is 3.53. The fraction of sp³-hybridized carbons (Fsp3) is 0.143. The molecule has 0 spiro atoms. The Morgan fingerprint density at radius 1 is 1.55 bits per heavy atom. The summed E-state index contributed by atoms with van der Waals surface area (Å²) in [5.74, 6) is -0.373. The number of amides is 1. The first-order valence-electron chi connectivity index (χ1n) is 3.21. The first kappa shape index (κ1) is 7.53. The normalized spacial score (nSPS) is 9.09. The van der Waals surface area contributed by atoms with Crippen molar-refractivity contribution in [2.75, 3.05) is 11.9 Å². The fourth-order valence-electron chi connectivity index (χ4n) is 0.659. The van der Waals surface area contributed by atoms with E-state index in [1.54, 1.807) is 24.5 Å². The van der Waals surface area contributed by atoms with E-state index in [1.165, 1.54) is 0 Å². The van der Waals surface area contributed by atoms with Crippen molar-refractivity contribution >= 4 is 11.6 Å². The van der Waals surface area contributed by atoms with Crippen molar-refractivity contribution < 1.29 is 4.79 Å². The van der Waals surface area contributed by atoms with Crippen LogP contribution in [0.25, 0.3) is 0 Å². The Morgan fingerprint density at radius 3 is 2.73 bits per heavy atom. The Bertz CT molecular complexity index is 235. The topological polar surface area (TPSA) is 68.0 Å². The van der Waals surface area contributed by atoms with Crippen molar-refractivity contribution in [3.8, 4) is 0 Å². The highest BCUT2D eigenvalue weighted by Gasteiger charge is 1.92. The number of nitrogens with two attached hydrogens (primary N) is 1. The molecule has 1 amide bonds. The lowest BCUT2D eigenvalue weighted by molar-refractivity contribution is -0.116. The predicted molar refractivity (Wildman–Crippen MR) is 41.9 cm³/mol. The van der Waals surface area contributed by atoms with Gasteiger partial charge >= 0.3 is 0 Å². The standard InChI is InChI=1S/C7H9N3O/c8-7(11)5-10-6-1-3-9-4-2-6/h1-4H,5H2,(H2,8,11)(H,9,10). The molecule has 0 saturated heterocycles. The van der Waals surface area contributed by atoms with E-state index in [-0.39, 0.29) is 12.5 Å². The quantitative estimate of drug-likeness (QED) is 0.637. The molecule has 0 aliphatic rings. The molecule has 0 fully saturated rings. The number of pyridine rings is 1. The van der Waals surface area contributed by atoms with E-state index in [2.05, 4.69) is 10.3 Å². The van der Waals surface area contributed by atoms with Crippen molar-refractivity contribution in [3.05, 3.63) is 24.5 Å². The minimum absolute atomic E-state index is 0.157. The maximum Gasteiger partial charge on any atom is 0.236 e. The maximum absolute atomic E-state index is 10.3. The third kappa shape index (κ3) is 2.66. The summed E-state index contributed by atoms with van der Waals surface area (Å²) in [7, 11) is 0. The number of anilines is 1. The van der Waals surface area contributed by atoms with Gasteiger partial charge in [0.2, 0.25) is 5.91 Å². The zero-order valence-electron chi connectivity index (χ0n) is 5.95. The van der Waals surface area contributed by atoms with Gasteiger partial charge in [-0.25, -0.2) is 0 Å². The molecule has 3 N–H and O–H groups in total. The molecule has 0 aliphatic carbocycles. The van der Waals surface area contributed by atoms with Crippen molar-refractivity contribution in [1.29, 1.82) is 0 Å². The van der Waals surface area contributed by atoms with Crippen LogP contribution in [0.1, 0.15) is 0 Å². The molecule has 1 rings (SSSR count). The van der Waals surface area contributed by atoms with Gasteiger partial charge in [-0.2, -0.15) is 0 Å². The Labute approximate surface area is 64.4 Å². The van der Waals surface area contributed by atoms with E-state index in [0.29, 0.717) is 0 Å². The second-order valence-corrected chi connectivity index (χ2v) is 2.06. The first-order chi connectivity index (χ1) is 5.29. The summed E-state index contributed by atoms with van der Waals surface area (Å²) in [4.78, 5) is 14.1. The van der Waals surface area contributed by atoms with Crippen LogP contribution in [0.5, 0.6) is 0 Å². The minimum Gasteiger partial charge on any atom is -0.376 e. The van der Waals surface area contributed by atoms with E-state index in [9.17, 15) is 4.79 Å². The molecule has 0 saturated carbocycles. The van der Waals surface area contributed by atoms with Crippen molar-refractivity contribution in [2.45, 2.75) is 0 Å². The van der Waals surface area contributed by atoms with Gasteiger partial charge in [0.25, 0.3) is 0 Å². The Hall–Kier alpha value is -1.58. The predicted octanol–water partition coefficient (Wildman–Crippen LogP) is -0.0212. The molecule has 4 nitrogen and oxygen atoms in total. The van der Waals surface area contributed by atoms with Gasteiger partial charge in [-0.3, -0.25) is 9.78 Å². The van der Waals surface area contributed by atoms with Crippen LogP contribution in [0, 0.1) is 0 Å². The smallest absolute Gasteiger partial charge is 0.236 e. The average molecular weight is 151 g/mol. The van der Waals surface area contributed by atoms with Crippen LogP contribution in [0.15, 0.2) is 24.5 Å². The summed E-state index contributed by atoms with van der Waals surface area (Å²) >= 11 is 0. The van der Waals surface area contributed by atoms with E-state index in [0.717, 1.165) is 5.69 Å². The van der Waals surface area contributed by atoms with Crippen molar-refractivity contribution in [1.82, 2.24) is 4.98 Å². The zero-order chi connectivity index (χ0) is 8.10. The summed E-state index contributed by atoms with van der Waals surface area (Å²) in [6.07, 6.45) is 3.28. The van der Waals surface area contributed by atoms with Gasteiger partial charge in [0.15, 0.2) is 0 Å². The molecule has 4 heteroatoms. The third-order valence-electron chi connectivity index (χ3n) is 1.15. The van der Waals surface area contributed by atoms with Crippen LogP contribution < -0.4 is 11.1 Å². The number of nitrogens with one attached hydrogen (secondary N) is 1. The molecule has 1 aromatic heterocycles. The van der Waals surface area contributed by atoms with E-state index in [4.69, 9.17) is 5.73 Å². The van der Waals surface area contributed by atoms with Crippen molar-refractivity contribution in [3.63, 3.8) is 0 Å². The number of hydrogen-bond donors (Lipinski definition) is 2. The number of hydrogen-bond acceptors (Lipinski definition) is 3. The highest BCUT2D eigenvalue weighted by molar-refractivity contribution is 5.78. The van der Waals surface area contributed by atoms with Crippen LogP contribution in [0.3, 0.4) is 0 Å². The second kappa shape index (κ2) is 3.55. The lowest BCUT2D eigenvalue weighted by atomic mass is 10.4. The number of rotatable bonds is 3. The van der Waals surface area contributed by atoms with Crippen LogP contribution in [0.2, 0.25) is 0 Å². The molecule has 0 aromatic carbocycles. The number of primary amides is 1. The molecule has 0 bridgehead atoms. The van der Waals surface area contributed by atoms with E-state index >= 15 is 0 Å². The molecule has 0 aliphatic heterocycles. The summed E-state index contributed by atoms with van der Waals surface area (Å²) in [6.45, 7) is 0.157. The Kier molecular flexibility index (Phi) is 2.43. The Morgan fingerprint density at radius 2 is 2.18 bits per heavy atom. The molecule has 11 heavy (non-hydrogen) atoms. The van der Waals surface area contributed by atoms with Crippen LogP contribution >= 0.6 is 0 Å². The monoisotopic (exact) mass is 151 g/mol. The minimum atomic E-state index is -0.373. The maximum atomic E-state index is 10.3. The average Bonchev–Trinajstić information content (AvgIpc) is 2.03. The van der Waals surface area contributed by atoms with Gasteiger partial charge in [0.05, 0.1) is 6.54 Å². The van der Waals surface area contributed by atoms with Gasteiger partial charge in [-0.15, -0.1) is 0 Å². The number of carbonyl (C=O) groups is 1. The molecule has 1 heterocycles. The lowest BCUT2D eigenvalue weighted by Gasteiger charge is -2.00. The van der Waals surface area contributed by atoms with Crippen LogP contribution in [-0.4, -0.2) is 17.4 Å². The molecule has 0 atom stereocenters. The third-order valence-corrected chi connectivity index (χ3v) is 1.15. The van der Waals surface area contributed by atoms with Crippen LogP contribution in [-0.2, 0) is 4.79 Å². The number of carbonyl (C=O) groups excluding carboxylic acids is 1. The Balaban J connectivity index is 2.45. The highest BCUT2D eigenvalue weighted by Crippen LogP contribution is 2.00. The first-order valence-corrected chi connectivity index (χ1v) is 3.21. The molecule has 0 unspecified atom stereocenters. The SMILES string of the molecule is NC(=O)CNc1ccncc1. The summed E-state index contributed by atoms with van der Waals surface area (Å²) in [5, 5.41) is 2.83. The van der Waals surface area contributed by atoms with E-state index < -0.39 is 0 Å². The van der Waals surface area contributed by atoms with Gasteiger partial charge in [-0.1, -0.05) is 0 Å². The lowest BCUT2D eigenvalue weighted by Crippen LogP contribution is -2.21.